The van der Waals surface area contributed by atoms with Crippen molar-refractivity contribution in [3.8, 4) is 0 Å². The summed E-state index contributed by atoms with van der Waals surface area (Å²) in [4.78, 5) is 11.2. The van der Waals surface area contributed by atoms with Crippen molar-refractivity contribution in [1.29, 1.82) is 0 Å². The molecule has 0 N–H and O–H groups in total. The average molecular weight is 240 g/mol. The molecule has 0 aliphatic carbocycles. The SMILES string of the molecule is CSCCOC(=O)OC(C)c1ccccc1. The van der Waals surface area contributed by atoms with Gasteiger partial charge in [-0.2, -0.15) is 11.8 Å². The molecule has 1 unspecified atom stereocenters. The molecule has 88 valence electrons. The second-order valence-corrected chi connectivity index (χ2v) is 4.25. The summed E-state index contributed by atoms with van der Waals surface area (Å²) in [5.41, 5.74) is 0.962. The number of hydrogen-bond acceptors (Lipinski definition) is 4. The van der Waals surface area contributed by atoms with E-state index in [9.17, 15) is 4.79 Å². The molecule has 1 atom stereocenters. The zero-order chi connectivity index (χ0) is 11.8. The van der Waals surface area contributed by atoms with E-state index in [0.29, 0.717) is 6.61 Å². The minimum atomic E-state index is -0.606. The third kappa shape index (κ3) is 4.57. The van der Waals surface area contributed by atoms with E-state index < -0.39 is 6.16 Å². The maximum Gasteiger partial charge on any atom is 0.508 e. The van der Waals surface area contributed by atoms with Gasteiger partial charge >= 0.3 is 6.16 Å². The third-order valence-electron chi connectivity index (χ3n) is 2.05. The number of ether oxygens (including phenoxy) is 2. The van der Waals surface area contributed by atoms with Crippen molar-refractivity contribution in [2.75, 3.05) is 18.6 Å². The molecule has 0 amide bonds. The molecule has 3 nitrogen and oxygen atoms in total. The van der Waals surface area contributed by atoms with Crippen molar-refractivity contribution in [1.82, 2.24) is 0 Å². The standard InChI is InChI=1S/C12H16O3S/c1-10(11-6-4-3-5-7-11)15-12(13)14-8-9-16-2/h3-7,10H,8-9H2,1-2H3. The lowest BCUT2D eigenvalue weighted by Crippen LogP contribution is -2.12. The number of thioether (sulfide) groups is 1. The van der Waals surface area contributed by atoms with Crippen LogP contribution in [0.25, 0.3) is 0 Å². The minimum Gasteiger partial charge on any atom is -0.433 e. The first-order chi connectivity index (χ1) is 7.74. The first kappa shape index (κ1) is 12.9. The van der Waals surface area contributed by atoms with Crippen LogP contribution in [0.1, 0.15) is 18.6 Å². The van der Waals surface area contributed by atoms with Gasteiger partial charge in [-0.1, -0.05) is 30.3 Å². The monoisotopic (exact) mass is 240 g/mol. The normalized spacial score (nSPS) is 11.9. The second-order valence-electron chi connectivity index (χ2n) is 3.26. The van der Waals surface area contributed by atoms with Gasteiger partial charge in [-0.05, 0) is 18.7 Å². The summed E-state index contributed by atoms with van der Waals surface area (Å²) in [5, 5.41) is 0. The van der Waals surface area contributed by atoms with Crippen molar-refractivity contribution in [2.45, 2.75) is 13.0 Å². The lowest BCUT2D eigenvalue weighted by atomic mass is 10.1. The summed E-state index contributed by atoms with van der Waals surface area (Å²) in [7, 11) is 0. The molecule has 0 spiro atoms. The molecule has 0 aliphatic heterocycles. The zero-order valence-corrected chi connectivity index (χ0v) is 10.3. The van der Waals surface area contributed by atoms with E-state index in [1.807, 2.05) is 43.5 Å². The first-order valence-electron chi connectivity index (χ1n) is 5.11. The van der Waals surface area contributed by atoms with Crippen LogP contribution in [0.2, 0.25) is 0 Å². The van der Waals surface area contributed by atoms with Gasteiger partial charge in [0.1, 0.15) is 12.7 Å². The molecule has 0 aliphatic rings. The van der Waals surface area contributed by atoms with Crippen molar-refractivity contribution in [3.63, 3.8) is 0 Å². The summed E-state index contributed by atoms with van der Waals surface area (Å²) in [5.74, 6) is 0.787. The molecule has 4 heteroatoms. The van der Waals surface area contributed by atoms with E-state index in [-0.39, 0.29) is 6.10 Å². The van der Waals surface area contributed by atoms with Gasteiger partial charge in [-0.15, -0.1) is 0 Å². The number of carbonyl (C=O) groups excluding carboxylic acids is 1. The Bertz CT molecular complexity index is 313. The molecule has 16 heavy (non-hydrogen) atoms. The number of benzene rings is 1. The topological polar surface area (TPSA) is 35.5 Å². The smallest absolute Gasteiger partial charge is 0.433 e. The zero-order valence-electron chi connectivity index (χ0n) is 9.51. The van der Waals surface area contributed by atoms with Gasteiger partial charge < -0.3 is 9.47 Å². The Hall–Kier alpha value is -1.16. The van der Waals surface area contributed by atoms with E-state index >= 15 is 0 Å². The van der Waals surface area contributed by atoms with E-state index in [2.05, 4.69) is 0 Å². The Kier molecular flexibility index (Phi) is 5.78. The van der Waals surface area contributed by atoms with Crippen molar-refractivity contribution in [3.05, 3.63) is 35.9 Å². The Morgan fingerprint density at radius 2 is 2.06 bits per heavy atom. The van der Waals surface area contributed by atoms with Gasteiger partial charge in [-0.3, -0.25) is 0 Å². The van der Waals surface area contributed by atoms with Crippen molar-refractivity contribution >= 4 is 17.9 Å². The minimum absolute atomic E-state index is 0.275. The Labute approximate surface area is 100 Å². The summed E-state index contributed by atoms with van der Waals surface area (Å²) >= 11 is 1.63. The summed E-state index contributed by atoms with van der Waals surface area (Å²) in [6.07, 6.45) is 1.08. The molecule has 0 fully saturated rings. The van der Waals surface area contributed by atoms with E-state index in [1.165, 1.54) is 0 Å². The maximum absolute atomic E-state index is 11.2. The molecular formula is C12H16O3S. The highest BCUT2D eigenvalue weighted by Crippen LogP contribution is 2.16. The first-order valence-corrected chi connectivity index (χ1v) is 6.50. The van der Waals surface area contributed by atoms with Crippen LogP contribution >= 0.6 is 11.8 Å². The molecule has 0 radical (unpaired) electrons. The Morgan fingerprint density at radius 3 is 2.69 bits per heavy atom. The average Bonchev–Trinajstić information content (AvgIpc) is 2.30. The molecule has 0 aromatic heterocycles. The molecule has 0 saturated heterocycles. The number of carbonyl (C=O) groups is 1. The van der Waals surface area contributed by atoms with Gasteiger partial charge in [0, 0.05) is 5.75 Å². The molecule has 0 bridgehead atoms. The molecule has 1 aromatic rings. The van der Waals surface area contributed by atoms with Crippen molar-refractivity contribution < 1.29 is 14.3 Å². The molecule has 0 heterocycles. The fourth-order valence-corrected chi connectivity index (χ4v) is 1.43. The highest BCUT2D eigenvalue weighted by Gasteiger charge is 2.11. The van der Waals surface area contributed by atoms with Gasteiger partial charge in [-0.25, -0.2) is 4.79 Å². The van der Waals surface area contributed by atoms with Crippen LogP contribution in [0.5, 0.6) is 0 Å². The molecular weight excluding hydrogens is 224 g/mol. The highest BCUT2D eigenvalue weighted by molar-refractivity contribution is 7.98. The summed E-state index contributed by atoms with van der Waals surface area (Å²) in [6, 6.07) is 9.58. The van der Waals surface area contributed by atoms with Crippen LogP contribution in [-0.4, -0.2) is 24.8 Å². The summed E-state index contributed by atoms with van der Waals surface area (Å²) in [6.45, 7) is 2.21. The van der Waals surface area contributed by atoms with Crippen LogP contribution in [0.4, 0.5) is 4.79 Å². The molecule has 1 rings (SSSR count). The fourth-order valence-electron chi connectivity index (χ4n) is 1.18. The maximum atomic E-state index is 11.2. The second kappa shape index (κ2) is 7.17. The van der Waals surface area contributed by atoms with Crippen LogP contribution in [0, 0.1) is 0 Å². The predicted molar refractivity (Wildman–Crippen MR) is 65.7 cm³/mol. The largest absolute Gasteiger partial charge is 0.508 e. The van der Waals surface area contributed by atoms with E-state index in [4.69, 9.17) is 9.47 Å². The van der Waals surface area contributed by atoms with Gasteiger partial charge in [0.15, 0.2) is 0 Å². The number of rotatable bonds is 5. The third-order valence-corrected chi connectivity index (χ3v) is 2.62. The predicted octanol–water partition coefficient (Wildman–Crippen LogP) is 3.26. The van der Waals surface area contributed by atoms with Crippen molar-refractivity contribution in [2.24, 2.45) is 0 Å². The van der Waals surface area contributed by atoms with Crippen LogP contribution in [0.15, 0.2) is 30.3 Å². The summed E-state index contributed by atoms with van der Waals surface area (Å²) < 4.78 is 10.0. The fraction of sp³-hybridized carbons (Fsp3) is 0.417. The van der Waals surface area contributed by atoms with Gasteiger partial charge in [0.05, 0.1) is 0 Å². The lowest BCUT2D eigenvalue weighted by molar-refractivity contribution is 0.0323. The van der Waals surface area contributed by atoms with Crippen LogP contribution in [0.3, 0.4) is 0 Å². The van der Waals surface area contributed by atoms with E-state index in [1.54, 1.807) is 11.8 Å². The number of hydrogen-bond donors (Lipinski definition) is 0. The van der Waals surface area contributed by atoms with Crippen LogP contribution < -0.4 is 0 Å². The Balaban J connectivity index is 2.34. The molecule has 1 aromatic carbocycles. The van der Waals surface area contributed by atoms with Gasteiger partial charge in [0.25, 0.3) is 0 Å². The van der Waals surface area contributed by atoms with Gasteiger partial charge in [0.2, 0.25) is 0 Å². The van der Waals surface area contributed by atoms with Crippen LogP contribution in [-0.2, 0) is 9.47 Å². The quantitative estimate of drug-likeness (QED) is 0.584. The molecule has 0 saturated carbocycles. The highest BCUT2D eigenvalue weighted by atomic mass is 32.2. The Morgan fingerprint density at radius 1 is 1.38 bits per heavy atom. The van der Waals surface area contributed by atoms with E-state index in [0.717, 1.165) is 11.3 Å². The lowest BCUT2D eigenvalue weighted by Gasteiger charge is -2.13.